The van der Waals surface area contributed by atoms with Crippen LogP contribution in [-0.2, 0) is 18.4 Å². The molecule has 3 aromatic rings. The highest BCUT2D eigenvalue weighted by Gasteiger charge is 2.24. The zero-order valence-corrected chi connectivity index (χ0v) is 23.9. The summed E-state index contributed by atoms with van der Waals surface area (Å²) < 4.78 is 7.05. The molecule has 0 saturated carbocycles. The third kappa shape index (κ3) is 7.28. The number of para-hydroxylation sites is 1. The third-order valence-corrected chi connectivity index (χ3v) is 7.36. The number of ether oxygens (including phenoxy) is 1. The van der Waals surface area contributed by atoms with Gasteiger partial charge in [0.2, 0.25) is 5.91 Å². The summed E-state index contributed by atoms with van der Waals surface area (Å²) in [4.78, 5) is 31.1. The Morgan fingerprint density at radius 1 is 0.923 bits per heavy atom. The number of carbonyl (C=O) groups is 2. The third-order valence-electron chi connectivity index (χ3n) is 7.36. The van der Waals surface area contributed by atoms with E-state index >= 15 is 0 Å². The Kier molecular flexibility index (Phi) is 9.79. The van der Waals surface area contributed by atoms with Gasteiger partial charge in [-0.1, -0.05) is 57.7 Å². The van der Waals surface area contributed by atoms with E-state index in [0.717, 1.165) is 66.8 Å². The molecular formula is C32H42N4O3. The number of fused-ring (bicyclic) bond motifs is 1. The zero-order chi connectivity index (χ0) is 27.8. The lowest BCUT2D eigenvalue weighted by Gasteiger charge is -2.28. The van der Waals surface area contributed by atoms with Gasteiger partial charge in [-0.25, -0.2) is 0 Å². The van der Waals surface area contributed by atoms with Crippen molar-refractivity contribution in [3.8, 4) is 17.0 Å². The van der Waals surface area contributed by atoms with Crippen LogP contribution in [0.15, 0.2) is 54.6 Å². The van der Waals surface area contributed by atoms with Crippen LogP contribution in [0.1, 0.15) is 74.8 Å². The summed E-state index contributed by atoms with van der Waals surface area (Å²) in [7, 11) is 3.51. The molecule has 39 heavy (non-hydrogen) atoms. The quantitative estimate of drug-likeness (QED) is 0.379. The van der Waals surface area contributed by atoms with E-state index < -0.39 is 0 Å². The van der Waals surface area contributed by atoms with Gasteiger partial charge in [0, 0.05) is 44.4 Å². The minimum absolute atomic E-state index is 0.0879. The van der Waals surface area contributed by atoms with Gasteiger partial charge < -0.3 is 14.5 Å². The van der Waals surface area contributed by atoms with Gasteiger partial charge in [-0.15, -0.1) is 0 Å². The number of rotatable bonds is 5. The van der Waals surface area contributed by atoms with Gasteiger partial charge in [0.25, 0.3) is 5.91 Å². The van der Waals surface area contributed by atoms with E-state index in [-0.39, 0.29) is 17.7 Å². The Hall–Kier alpha value is -3.61. The summed E-state index contributed by atoms with van der Waals surface area (Å²) in [6.07, 6.45) is 6.93. The molecule has 4 rings (SSSR count). The van der Waals surface area contributed by atoms with Crippen molar-refractivity contribution in [3.63, 3.8) is 0 Å². The highest BCUT2D eigenvalue weighted by molar-refractivity contribution is 5.95. The smallest absolute Gasteiger partial charge is 0.274 e. The lowest BCUT2D eigenvalue weighted by molar-refractivity contribution is -0.119. The first kappa shape index (κ1) is 28.4. The lowest BCUT2D eigenvalue weighted by Crippen LogP contribution is -2.35. The van der Waals surface area contributed by atoms with Gasteiger partial charge in [-0.2, -0.15) is 5.10 Å². The van der Waals surface area contributed by atoms with E-state index in [0.29, 0.717) is 31.7 Å². The van der Waals surface area contributed by atoms with Crippen molar-refractivity contribution in [2.45, 2.75) is 65.3 Å². The second-order valence-corrected chi connectivity index (χ2v) is 10.9. The molecule has 0 saturated heterocycles. The van der Waals surface area contributed by atoms with Crippen molar-refractivity contribution >= 4 is 17.5 Å². The molecule has 0 spiro atoms. The molecule has 0 unspecified atom stereocenters. The molecule has 1 aromatic heterocycles. The van der Waals surface area contributed by atoms with E-state index in [9.17, 15) is 9.59 Å². The van der Waals surface area contributed by atoms with Gasteiger partial charge in [0.15, 0.2) is 5.69 Å². The van der Waals surface area contributed by atoms with Crippen LogP contribution in [0.5, 0.6) is 5.75 Å². The number of benzene rings is 2. The fraction of sp³-hybridized carbons (Fsp3) is 0.469. The Morgan fingerprint density at radius 3 is 2.28 bits per heavy atom. The Bertz CT molecular complexity index is 1250. The van der Waals surface area contributed by atoms with Crippen molar-refractivity contribution in [1.29, 1.82) is 0 Å². The normalized spacial score (nSPS) is 15.2. The molecule has 2 heterocycles. The second-order valence-electron chi connectivity index (χ2n) is 10.9. The summed E-state index contributed by atoms with van der Waals surface area (Å²) in [6.45, 7) is 5.97. The fourth-order valence-electron chi connectivity index (χ4n) is 5.25. The van der Waals surface area contributed by atoms with Gasteiger partial charge in [0.05, 0.1) is 12.8 Å². The van der Waals surface area contributed by atoms with Crippen LogP contribution in [0.3, 0.4) is 0 Å². The van der Waals surface area contributed by atoms with Crippen LogP contribution in [-0.4, -0.2) is 46.7 Å². The molecular weight excluding hydrogens is 488 g/mol. The van der Waals surface area contributed by atoms with Crippen molar-refractivity contribution in [2.75, 3.05) is 25.1 Å². The molecule has 2 aromatic carbocycles. The van der Waals surface area contributed by atoms with Crippen LogP contribution in [0.25, 0.3) is 11.3 Å². The molecule has 7 heteroatoms. The van der Waals surface area contributed by atoms with Crippen LogP contribution >= 0.6 is 0 Å². The van der Waals surface area contributed by atoms with Crippen molar-refractivity contribution in [2.24, 2.45) is 13.0 Å². The monoisotopic (exact) mass is 530 g/mol. The number of carbonyl (C=O) groups excluding carboxylic acids is 2. The van der Waals surface area contributed by atoms with Crippen LogP contribution < -0.4 is 9.64 Å². The number of hydrogen-bond donors (Lipinski definition) is 0. The summed E-state index contributed by atoms with van der Waals surface area (Å²) in [5.74, 6) is 1.14. The first-order chi connectivity index (χ1) is 18.9. The highest BCUT2D eigenvalue weighted by atomic mass is 16.5. The second kappa shape index (κ2) is 13.5. The molecule has 7 nitrogen and oxygen atoms in total. The maximum Gasteiger partial charge on any atom is 0.274 e. The SMILES string of the molecule is COc1ccc(-c2cc(C(=O)N3CCCCCCCCN(C(=O)CC(C)C)c4ccccc4C3)nn2C)cc1. The topological polar surface area (TPSA) is 67.7 Å². The summed E-state index contributed by atoms with van der Waals surface area (Å²) >= 11 is 0. The van der Waals surface area contributed by atoms with E-state index in [4.69, 9.17) is 4.74 Å². The molecule has 2 amide bonds. The number of hydrogen-bond acceptors (Lipinski definition) is 4. The number of nitrogens with zero attached hydrogens (tertiary/aromatic N) is 4. The number of methoxy groups -OCH3 is 1. The Labute approximate surface area is 232 Å². The average Bonchev–Trinajstić information content (AvgIpc) is 3.32. The van der Waals surface area contributed by atoms with Gasteiger partial charge in [-0.3, -0.25) is 14.3 Å². The van der Waals surface area contributed by atoms with Crippen molar-refractivity contribution in [3.05, 3.63) is 65.9 Å². The standard InChI is InChI=1S/C32H42N4O3/c1-24(2)21-31(37)36-20-12-8-6-5-7-11-19-35(23-26-13-9-10-14-29(26)36)32(38)28-22-30(34(3)33-28)25-15-17-27(39-4)18-16-25/h9-10,13-18,22,24H,5-8,11-12,19-21,23H2,1-4H3. The van der Waals surface area contributed by atoms with E-state index in [1.807, 2.05) is 71.4 Å². The van der Waals surface area contributed by atoms with Gasteiger partial charge in [0.1, 0.15) is 5.75 Å². The molecule has 1 aliphatic rings. The summed E-state index contributed by atoms with van der Waals surface area (Å²) in [5.41, 5.74) is 4.18. The maximum absolute atomic E-state index is 13.9. The maximum atomic E-state index is 13.9. The van der Waals surface area contributed by atoms with E-state index in [1.165, 1.54) is 0 Å². The first-order valence-electron chi connectivity index (χ1n) is 14.2. The Morgan fingerprint density at radius 2 is 1.59 bits per heavy atom. The van der Waals surface area contributed by atoms with E-state index in [1.54, 1.807) is 11.8 Å². The summed E-state index contributed by atoms with van der Waals surface area (Å²) in [5, 5.41) is 4.61. The number of amides is 2. The molecule has 0 aliphatic carbocycles. The fourth-order valence-corrected chi connectivity index (χ4v) is 5.25. The highest BCUT2D eigenvalue weighted by Crippen LogP contribution is 2.27. The Balaban J connectivity index is 1.64. The molecule has 1 aliphatic heterocycles. The van der Waals surface area contributed by atoms with Crippen LogP contribution in [0, 0.1) is 5.92 Å². The minimum atomic E-state index is -0.0879. The van der Waals surface area contributed by atoms with Gasteiger partial charge >= 0.3 is 0 Å². The molecule has 0 fully saturated rings. The molecule has 208 valence electrons. The largest absolute Gasteiger partial charge is 0.497 e. The van der Waals surface area contributed by atoms with Crippen LogP contribution in [0.4, 0.5) is 5.69 Å². The molecule has 0 radical (unpaired) electrons. The average molecular weight is 531 g/mol. The zero-order valence-electron chi connectivity index (χ0n) is 23.9. The number of aromatic nitrogens is 2. The first-order valence-corrected chi connectivity index (χ1v) is 14.2. The minimum Gasteiger partial charge on any atom is -0.497 e. The number of anilines is 1. The number of aryl methyl sites for hydroxylation is 1. The predicted molar refractivity (Wildman–Crippen MR) is 156 cm³/mol. The predicted octanol–water partition coefficient (Wildman–Crippen LogP) is 6.47. The van der Waals surface area contributed by atoms with Gasteiger partial charge in [-0.05, 0) is 60.7 Å². The van der Waals surface area contributed by atoms with Crippen LogP contribution in [0.2, 0.25) is 0 Å². The lowest BCUT2D eigenvalue weighted by atomic mass is 10.1. The van der Waals surface area contributed by atoms with E-state index in [2.05, 4.69) is 18.9 Å². The summed E-state index contributed by atoms with van der Waals surface area (Å²) in [6, 6.07) is 17.7. The van der Waals surface area contributed by atoms with Crippen molar-refractivity contribution in [1.82, 2.24) is 14.7 Å². The molecule has 0 atom stereocenters. The molecule has 0 bridgehead atoms. The van der Waals surface area contributed by atoms with Crippen molar-refractivity contribution < 1.29 is 14.3 Å². The molecule has 0 N–H and O–H groups in total.